The van der Waals surface area contributed by atoms with Gasteiger partial charge in [-0.2, -0.15) is 0 Å². The number of amidine groups is 1. The van der Waals surface area contributed by atoms with Gasteiger partial charge in [0.1, 0.15) is 5.84 Å². The molecular formula is C12H19N3. The zero-order chi connectivity index (χ0) is 11.1. The van der Waals surface area contributed by atoms with Crippen molar-refractivity contribution in [1.29, 1.82) is 0 Å². The van der Waals surface area contributed by atoms with Crippen LogP contribution in [-0.4, -0.2) is 12.4 Å². The molecule has 0 heterocycles. The molecule has 1 rings (SSSR count). The SMILES string of the molecule is CCN=C(CCc1cccc(C)c1)NN. The Hall–Kier alpha value is -1.35. The molecule has 0 spiro atoms. The molecule has 1 aromatic rings. The Morgan fingerprint density at radius 2 is 2.27 bits per heavy atom. The molecule has 1 aromatic carbocycles. The first kappa shape index (κ1) is 11.7. The summed E-state index contributed by atoms with van der Waals surface area (Å²) in [5.41, 5.74) is 5.26. The molecule has 0 unspecified atom stereocenters. The van der Waals surface area contributed by atoms with E-state index in [1.807, 2.05) is 6.92 Å². The fourth-order valence-corrected chi connectivity index (χ4v) is 1.52. The van der Waals surface area contributed by atoms with Crippen molar-refractivity contribution in [2.24, 2.45) is 10.8 Å². The molecule has 0 fully saturated rings. The molecule has 3 heteroatoms. The van der Waals surface area contributed by atoms with Gasteiger partial charge in [0, 0.05) is 13.0 Å². The predicted octanol–water partition coefficient (Wildman–Crippen LogP) is 1.81. The molecule has 0 amide bonds. The summed E-state index contributed by atoms with van der Waals surface area (Å²) in [7, 11) is 0. The van der Waals surface area contributed by atoms with E-state index in [4.69, 9.17) is 5.84 Å². The van der Waals surface area contributed by atoms with Crippen molar-refractivity contribution in [2.45, 2.75) is 26.7 Å². The summed E-state index contributed by atoms with van der Waals surface area (Å²) in [5, 5.41) is 0. The minimum Gasteiger partial charge on any atom is -0.312 e. The summed E-state index contributed by atoms with van der Waals surface area (Å²) < 4.78 is 0. The summed E-state index contributed by atoms with van der Waals surface area (Å²) in [4.78, 5) is 4.26. The van der Waals surface area contributed by atoms with E-state index in [1.165, 1.54) is 11.1 Å². The van der Waals surface area contributed by atoms with Crippen LogP contribution in [0.2, 0.25) is 0 Å². The monoisotopic (exact) mass is 205 g/mol. The van der Waals surface area contributed by atoms with Crippen LogP contribution in [0.25, 0.3) is 0 Å². The van der Waals surface area contributed by atoms with Crippen molar-refractivity contribution in [1.82, 2.24) is 5.43 Å². The van der Waals surface area contributed by atoms with Gasteiger partial charge >= 0.3 is 0 Å². The number of nitrogens with zero attached hydrogens (tertiary/aromatic N) is 1. The van der Waals surface area contributed by atoms with Crippen LogP contribution in [0, 0.1) is 6.92 Å². The van der Waals surface area contributed by atoms with Crippen LogP contribution in [0.1, 0.15) is 24.5 Å². The topological polar surface area (TPSA) is 50.4 Å². The van der Waals surface area contributed by atoms with Gasteiger partial charge in [-0.05, 0) is 25.8 Å². The fourth-order valence-electron chi connectivity index (χ4n) is 1.52. The van der Waals surface area contributed by atoms with Gasteiger partial charge in [0.05, 0.1) is 0 Å². The Morgan fingerprint density at radius 1 is 1.47 bits per heavy atom. The first-order valence-corrected chi connectivity index (χ1v) is 5.31. The Labute approximate surface area is 91.4 Å². The van der Waals surface area contributed by atoms with E-state index in [0.29, 0.717) is 0 Å². The lowest BCUT2D eigenvalue weighted by atomic mass is 10.1. The number of benzene rings is 1. The van der Waals surface area contributed by atoms with Gasteiger partial charge in [-0.1, -0.05) is 29.8 Å². The lowest BCUT2D eigenvalue weighted by molar-refractivity contribution is 0.906. The van der Waals surface area contributed by atoms with E-state index in [0.717, 1.165) is 25.2 Å². The standard InChI is InChI=1S/C12H19N3/c1-3-14-12(15-13)8-7-11-6-4-5-10(2)9-11/h4-6,9H,3,7-8,13H2,1-2H3,(H,14,15). The molecule has 0 radical (unpaired) electrons. The smallest absolute Gasteiger partial charge is 0.111 e. The lowest BCUT2D eigenvalue weighted by Crippen LogP contribution is -2.30. The number of aliphatic imine (C=N–C) groups is 1. The van der Waals surface area contributed by atoms with Crippen LogP contribution in [0.15, 0.2) is 29.3 Å². The highest BCUT2D eigenvalue weighted by atomic mass is 15.2. The minimum atomic E-state index is 0.771. The Kier molecular flexibility index (Phi) is 4.84. The van der Waals surface area contributed by atoms with Gasteiger partial charge in [0.15, 0.2) is 0 Å². The van der Waals surface area contributed by atoms with Crippen LogP contribution in [0.3, 0.4) is 0 Å². The van der Waals surface area contributed by atoms with Gasteiger partial charge in [-0.25, -0.2) is 5.84 Å². The van der Waals surface area contributed by atoms with E-state index >= 15 is 0 Å². The number of nitrogens with one attached hydrogen (secondary N) is 1. The van der Waals surface area contributed by atoms with Crippen LogP contribution < -0.4 is 11.3 Å². The average molecular weight is 205 g/mol. The summed E-state index contributed by atoms with van der Waals surface area (Å²) in [6.45, 7) is 4.88. The van der Waals surface area contributed by atoms with Crippen LogP contribution in [0.4, 0.5) is 0 Å². The maximum atomic E-state index is 5.37. The Balaban J connectivity index is 2.52. The van der Waals surface area contributed by atoms with Crippen molar-refractivity contribution < 1.29 is 0 Å². The van der Waals surface area contributed by atoms with E-state index in [9.17, 15) is 0 Å². The van der Waals surface area contributed by atoms with Gasteiger partial charge < -0.3 is 5.43 Å². The minimum absolute atomic E-state index is 0.771. The molecule has 0 atom stereocenters. The first-order valence-electron chi connectivity index (χ1n) is 5.31. The Bertz CT molecular complexity index is 331. The fraction of sp³-hybridized carbons (Fsp3) is 0.417. The van der Waals surface area contributed by atoms with Gasteiger partial charge in [0.25, 0.3) is 0 Å². The molecule has 0 saturated heterocycles. The molecule has 15 heavy (non-hydrogen) atoms. The zero-order valence-electron chi connectivity index (χ0n) is 9.46. The largest absolute Gasteiger partial charge is 0.312 e. The number of hydrogen-bond donors (Lipinski definition) is 2. The van der Waals surface area contributed by atoms with Crippen molar-refractivity contribution in [2.75, 3.05) is 6.54 Å². The zero-order valence-corrected chi connectivity index (χ0v) is 9.46. The summed E-state index contributed by atoms with van der Waals surface area (Å²) in [6, 6.07) is 8.51. The molecule has 0 aliphatic carbocycles. The normalized spacial score (nSPS) is 11.5. The van der Waals surface area contributed by atoms with E-state index in [1.54, 1.807) is 0 Å². The van der Waals surface area contributed by atoms with E-state index in [2.05, 4.69) is 41.6 Å². The third-order valence-electron chi connectivity index (χ3n) is 2.25. The van der Waals surface area contributed by atoms with Gasteiger partial charge in [0.2, 0.25) is 0 Å². The molecule has 0 bridgehead atoms. The quantitative estimate of drug-likeness (QED) is 0.341. The maximum absolute atomic E-state index is 5.37. The molecule has 0 aliphatic heterocycles. The number of nitrogens with two attached hydrogens (primary N) is 1. The molecule has 0 aromatic heterocycles. The summed E-state index contributed by atoms with van der Waals surface area (Å²) >= 11 is 0. The molecular weight excluding hydrogens is 186 g/mol. The maximum Gasteiger partial charge on any atom is 0.111 e. The van der Waals surface area contributed by atoms with Crippen LogP contribution in [-0.2, 0) is 6.42 Å². The number of hydrogen-bond acceptors (Lipinski definition) is 2. The summed E-state index contributed by atoms with van der Waals surface area (Å²) in [6.07, 6.45) is 1.85. The molecule has 3 nitrogen and oxygen atoms in total. The molecule has 3 N–H and O–H groups in total. The molecule has 0 saturated carbocycles. The second-order valence-corrected chi connectivity index (χ2v) is 3.55. The van der Waals surface area contributed by atoms with Crippen LogP contribution in [0.5, 0.6) is 0 Å². The van der Waals surface area contributed by atoms with E-state index in [-0.39, 0.29) is 0 Å². The average Bonchev–Trinajstić information content (AvgIpc) is 2.24. The van der Waals surface area contributed by atoms with Crippen molar-refractivity contribution in [3.05, 3.63) is 35.4 Å². The number of rotatable bonds is 4. The third kappa shape index (κ3) is 4.13. The highest BCUT2D eigenvalue weighted by Crippen LogP contribution is 2.06. The third-order valence-corrected chi connectivity index (χ3v) is 2.25. The summed E-state index contributed by atoms with van der Waals surface area (Å²) in [5.74, 6) is 6.25. The van der Waals surface area contributed by atoms with Crippen LogP contribution >= 0.6 is 0 Å². The van der Waals surface area contributed by atoms with Crippen molar-refractivity contribution in [3.8, 4) is 0 Å². The van der Waals surface area contributed by atoms with Crippen molar-refractivity contribution >= 4 is 5.84 Å². The molecule has 82 valence electrons. The second kappa shape index (κ2) is 6.19. The predicted molar refractivity (Wildman–Crippen MR) is 64.8 cm³/mol. The highest BCUT2D eigenvalue weighted by molar-refractivity contribution is 5.81. The first-order chi connectivity index (χ1) is 7.26. The number of aryl methyl sites for hydroxylation is 2. The molecule has 0 aliphatic rings. The number of hydrazine groups is 1. The second-order valence-electron chi connectivity index (χ2n) is 3.55. The van der Waals surface area contributed by atoms with Gasteiger partial charge in [-0.3, -0.25) is 4.99 Å². The van der Waals surface area contributed by atoms with E-state index < -0.39 is 0 Å². The lowest BCUT2D eigenvalue weighted by Gasteiger charge is -2.05. The van der Waals surface area contributed by atoms with Gasteiger partial charge in [-0.15, -0.1) is 0 Å². The Morgan fingerprint density at radius 3 is 2.87 bits per heavy atom. The van der Waals surface area contributed by atoms with Crippen molar-refractivity contribution in [3.63, 3.8) is 0 Å². The highest BCUT2D eigenvalue weighted by Gasteiger charge is 1.98.